The number of hydrogen-bond donors (Lipinski definition) is 1. The van der Waals surface area contributed by atoms with Crippen LogP contribution in [0.25, 0.3) is 0 Å². The maximum Gasteiger partial charge on any atom is 0.415 e. The first-order valence-electron chi connectivity index (χ1n) is 12.1. The second kappa shape index (κ2) is 16.1. The van der Waals surface area contributed by atoms with Gasteiger partial charge in [-0.15, -0.1) is 0 Å². The van der Waals surface area contributed by atoms with Crippen LogP contribution in [0.2, 0.25) is 0 Å². The molecule has 1 atom stereocenters. The Hall–Kier alpha value is -2.71. The van der Waals surface area contributed by atoms with Crippen molar-refractivity contribution in [3.05, 3.63) is 59.7 Å². The van der Waals surface area contributed by atoms with Crippen molar-refractivity contribution in [3.63, 3.8) is 0 Å². The summed E-state index contributed by atoms with van der Waals surface area (Å²) in [5.74, 6) is 2.12. The fraction of sp³-hybridized carbons (Fsp3) is 0.481. The molecule has 2 aromatic rings. The van der Waals surface area contributed by atoms with E-state index >= 15 is 0 Å². The summed E-state index contributed by atoms with van der Waals surface area (Å²) in [5.41, 5.74) is 1.88. The largest absolute Gasteiger partial charge is 0.492 e. The molecule has 2 aromatic carbocycles. The number of amides is 1. The van der Waals surface area contributed by atoms with E-state index in [1.54, 1.807) is 30.0 Å². The molecule has 1 N–H and O–H groups in total. The van der Waals surface area contributed by atoms with Crippen molar-refractivity contribution < 1.29 is 28.9 Å². The number of benzene rings is 2. The summed E-state index contributed by atoms with van der Waals surface area (Å²) < 4.78 is 16.7. The van der Waals surface area contributed by atoms with Crippen LogP contribution >= 0.6 is 11.8 Å². The minimum atomic E-state index is -0.974. The molecule has 1 amide bonds. The van der Waals surface area contributed by atoms with E-state index < -0.39 is 12.1 Å². The quantitative estimate of drug-likeness (QED) is 0.305. The van der Waals surface area contributed by atoms with Crippen LogP contribution in [0.4, 0.5) is 4.79 Å². The Balaban J connectivity index is 1.90. The third kappa shape index (κ3) is 11.0. The van der Waals surface area contributed by atoms with Crippen LogP contribution in [-0.2, 0) is 16.0 Å². The molecule has 35 heavy (non-hydrogen) atoms. The van der Waals surface area contributed by atoms with Crippen molar-refractivity contribution >= 4 is 23.8 Å². The minimum absolute atomic E-state index is 0.289. The lowest BCUT2D eigenvalue weighted by Crippen LogP contribution is -2.38. The number of nitrogens with zero attached hydrogens (tertiary/aromatic N) is 1. The first kappa shape index (κ1) is 28.5. The highest BCUT2D eigenvalue weighted by molar-refractivity contribution is 7.99. The van der Waals surface area contributed by atoms with Crippen LogP contribution in [0.3, 0.4) is 0 Å². The first-order chi connectivity index (χ1) is 16.9. The molecule has 0 saturated carbocycles. The van der Waals surface area contributed by atoms with E-state index in [1.807, 2.05) is 49.0 Å². The van der Waals surface area contributed by atoms with Gasteiger partial charge in [0.2, 0.25) is 0 Å². The van der Waals surface area contributed by atoms with E-state index in [2.05, 4.69) is 6.92 Å². The van der Waals surface area contributed by atoms with Gasteiger partial charge in [0, 0.05) is 25.3 Å². The predicted molar refractivity (Wildman–Crippen MR) is 140 cm³/mol. The predicted octanol–water partition coefficient (Wildman–Crippen LogP) is 5.44. The van der Waals surface area contributed by atoms with Gasteiger partial charge in [-0.25, -0.2) is 9.59 Å². The molecule has 0 aliphatic carbocycles. The molecular formula is C27H37NO6S. The zero-order chi connectivity index (χ0) is 25.5. The van der Waals surface area contributed by atoms with E-state index in [0.717, 1.165) is 35.5 Å². The topological polar surface area (TPSA) is 85.3 Å². The number of hydrogen-bond acceptors (Lipinski definition) is 6. The molecule has 0 aliphatic rings. The van der Waals surface area contributed by atoms with Crippen molar-refractivity contribution in [2.75, 3.05) is 37.8 Å². The highest BCUT2D eigenvalue weighted by atomic mass is 32.2. The summed E-state index contributed by atoms with van der Waals surface area (Å²) in [6, 6.07) is 14.7. The average Bonchev–Trinajstić information content (AvgIpc) is 2.83. The molecule has 0 aromatic heterocycles. The van der Waals surface area contributed by atoms with Crippen molar-refractivity contribution in [1.82, 2.24) is 4.90 Å². The number of carbonyl (C=O) groups excluding carboxylic acids is 1. The fourth-order valence-electron chi connectivity index (χ4n) is 3.29. The summed E-state index contributed by atoms with van der Waals surface area (Å²) in [5, 5.41) is 9.25. The molecule has 0 bridgehead atoms. The van der Waals surface area contributed by atoms with Crippen LogP contribution < -0.4 is 9.47 Å². The lowest BCUT2D eigenvalue weighted by Gasteiger charge is -2.22. The summed E-state index contributed by atoms with van der Waals surface area (Å²) >= 11 is 1.83. The van der Waals surface area contributed by atoms with Crippen molar-refractivity contribution in [3.8, 4) is 11.5 Å². The number of rotatable bonds is 16. The van der Waals surface area contributed by atoms with Gasteiger partial charge in [-0.2, -0.15) is 11.8 Å². The zero-order valence-corrected chi connectivity index (χ0v) is 21.7. The molecule has 0 fully saturated rings. The summed E-state index contributed by atoms with van der Waals surface area (Å²) in [7, 11) is 0. The lowest BCUT2D eigenvalue weighted by molar-refractivity contribution is -0.149. The molecule has 192 valence electrons. The monoisotopic (exact) mass is 503 g/mol. The number of carbonyl (C=O) groups is 2. The van der Waals surface area contributed by atoms with Crippen molar-refractivity contribution in [1.29, 1.82) is 0 Å². The van der Waals surface area contributed by atoms with Gasteiger partial charge in [-0.05, 0) is 61.4 Å². The van der Waals surface area contributed by atoms with Gasteiger partial charge in [-0.3, -0.25) is 0 Å². The molecule has 1 unspecified atom stereocenters. The molecular weight excluding hydrogens is 466 g/mol. The average molecular weight is 504 g/mol. The summed E-state index contributed by atoms with van der Waals surface area (Å²) in [6.07, 6.45) is 1.35. The molecule has 2 rings (SSSR count). The van der Waals surface area contributed by atoms with Gasteiger partial charge in [0.1, 0.15) is 18.1 Å². The van der Waals surface area contributed by atoms with Crippen LogP contribution in [0, 0.1) is 6.92 Å². The van der Waals surface area contributed by atoms with Gasteiger partial charge < -0.3 is 24.2 Å². The SMILES string of the molecule is CCCCSCCN(CCOc1ccc(CC(OCC)C(=O)O)cc1)C(=O)Oc1cccc(C)c1. The maximum atomic E-state index is 12.8. The van der Waals surface area contributed by atoms with E-state index in [-0.39, 0.29) is 12.5 Å². The normalized spacial score (nSPS) is 11.6. The van der Waals surface area contributed by atoms with Crippen molar-refractivity contribution in [2.24, 2.45) is 0 Å². The third-order valence-corrected chi connectivity index (χ3v) is 6.27. The zero-order valence-electron chi connectivity index (χ0n) is 20.9. The van der Waals surface area contributed by atoms with Crippen LogP contribution in [0.1, 0.15) is 37.8 Å². The number of ether oxygens (including phenoxy) is 3. The van der Waals surface area contributed by atoms with Gasteiger partial charge in [0.15, 0.2) is 6.10 Å². The van der Waals surface area contributed by atoms with Gasteiger partial charge in [0.25, 0.3) is 0 Å². The molecule has 7 nitrogen and oxygen atoms in total. The summed E-state index contributed by atoms with van der Waals surface area (Å²) in [6.45, 7) is 7.53. The highest BCUT2D eigenvalue weighted by Crippen LogP contribution is 2.16. The number of unbranched alkanes of at least 4 members (excludes halogenated alkanes) is 1. The van der Waals surface area contributed by atoms with Gasteiger partial charge >= 0.3 is 12.1 Å². The molecule has 0 heterocycles. The van der Waals surface area contributed by atoms with E-state index in [9.17, 15) is 14.7 Å². The maximum absolute atomic E-state index is 12.8. The Morgan fingerprint density at radius 3 is 2.46 bits per heavy atom. The number of aliphatic carboxylic acids is 1. The second-order valence-electron chi connectivity index (χ2n) is 8.12. The van der Waals surface area contributed by atoms with Crippen molar-refractivity contribution in [2.45, 2.75) is 46.1 Å². The van der Waals surface area contributed by atoms with Gasteiger partial charge in [0.05, 0.1) is 6.54 Å². The smallest absolute Gasteiger partial charge is 0.415 e. The number of carboxylic acid groups (broad SMARTS) is 1. The van der Waals surface area contributed by atoms with Crippen LogP contribution in [0.5, 0.6) is 11.5 Å². The number of aryl methyl sites for hydroxylation is 1. The first-order valence-corrected chi connectivity index (χ1v) is 13.3. The highest BCUT2D eigenvalue weighted by Gasteiger charge is 2.18. The van der Waals surface area contributed by atoms with E-state index in [4.69, 9.17) is 14.2 Å². The standard InChI is InChI=1S/C27H37NO6S/c1-4-6-17-35-18-15-28(27(31)34-24-9-7-8-21(3)19-24)14-16-33-23-12-10-22(11-13-23)20-25(26(29)30)32-5-2/h7-13,19,25H,4-6,14-18,20H2,1-3H3,(H,29,30). The van der Waals surface area contributed by atoms with Gasteiger partial charge in [-0.1, -0.05) is 37.6 Å². The third-order valence-electron chi connectivity index (χ3n) is 5.22. The number of carboxylic acids is 1. The Morgan fingerprint density at radius 1 is 1.03 bits per heavy atom. The van der Waals surface area contributed by atoms with Crippen LogP contribution in [-0.4, -0.2) is 66.0 Å². The Bertz CT molecular complexity index is 905. The van der Waals surface area contributed by atoms with E-state index in [0.29, 0.717) is 37.8 Å². The summed E-state index contributed by atoms with van der Waals surface area (Å²) in [4.78, 5) is 25.8. The minimum Gasteiger partial charge on any atom is -0.492 e. The molecule has 0 saturated heterocycles. The Morgan fingerprint density at radius 2 is 1.80 bits per heavy atom. The molecule has 0 aliphatic heterocycles. The molecule has 0 radical (unpaired) electrons. The Kier molecular flexibility index (Phi) is 13.1. The molecule has 8 heteroatoms. The second-order valence-corrected chi connectivity index (χ2v) is 9.34. The number of thioether (sulfide) groups is 1. The molecule has 0 spiro atoms. The Labute approximate surface area is 212 Å². The van der Waals surface area contributed by atoms with Crippen LogP contribution in [0.15, 0.2) is 48.5 Å². The fourth-order valence-corrected chi connectivity index (χ4v) is 4.34. The lowest BCUT2D eigenvalue weighted by atomic mass is 10.1. The van der Waals surface area contributed by atoms with E-state index in [1.165, 1.54) is 0 Å².